The van der Waals surface area contributed by atoms with Gasteiger partial charge in [-0.2, -0.15) is 0 Å². The molecule has 0 heterocycles. The van der Waals surface area contributed by atoms with E-state index in [1.165, 1.54) is 6.08 Å². The first-order valence-electron chi connectivity index (χ1n) is 7.67. The summed E-state index contributed by atoms with van der Waals surface area (Å²) in [5.41, 5.74) is 0.978. The molecule has 0 radical (unpaired) electrons. The fourth-order valence-corrected chi connectivity index (χ4v) is 2.67. The van der Waals surface area contributed by atoms with E-state index in [2.05, 4.69) is 0 Å². The molecule has 130 valence electrons. The van der Waals surface area contributed by atoms with Gasteiger partial charge in [0.05, 0.1) is 15.6 Å². The van der Waals surface area contributed by atoms with Crippen LogP contribution in [0.3, 0.4) is 0 Å². The van der Waals surface area contributed by atoms with Crippen LogP contribution < -0.4 is 0 Å². The van der Waals surface area contributed by atoms with Gasteiger partial charge in [0.1, 0.15) is 5.60 Å². The zero-order valence-corrected chi connectivity index (χ0v) is 15.7. The van der Waals surface area contributed by atoms with Crippen LogP contribution in [0.1, 0.15) is 42.3 Å². The molecule has 0 unspecified atom stereocenters. The minimum absolute atomic E-state index is 0.252. The fraction of sp³-hybridized carbons (Fsp3) is 0.200. The van der Waals surface area contributed by atoms with E-state index >= 15 is 0 Å². The van der Waals surface area contributed by atoms with Gasteiger partial charge >= 0.3 is 5.97 Å². The molecule has 5 heteroatoms. The van der Waals surface area contributed by atoms with Crippen LogP contribution in [0, 0.1) is 0 Å². The molecule has 0 spiro atoms. The number of carbonyl (C=O) groups excluding carboxylic acids is 2. The average molecular weight is 377 g/mol. The van der Waals surface area contributed by atoms with Crippen LogP contribution in [0.15, 0.2) is 48.5 Å². The molecule has 0 saturated carbocycles. The third-order valence-electron chi connectivity index (χ3n) is 3.18. The summed E-state index contributed by atoms with van der Waals surface area (Å²) >= 11 is 12.2. The molecule has 2 rings (SSSR count). The molecule has 0 aliphatic heterocycles. The van der Waals surface area contributed by atoms with Crippen LogP contribution in [0.5, 0.6) is 0 Å². The quantitative estimate of drug-likeness (QED) is 0.397. The first kappa shape index (κ1) is 19.2. The van der Waals surface area contributed by atoms with Crippen molar-refractivity contribution in [3.63, 3.8) is 0 Å². The third-order valence-corrected chi connectivity index (χ3v) is 3.81. The maximum Gasteiger partial charge on any atom is 0.331 e. The van der Waals surface area contributed by atoms with Crippen LogP contribution in [0.25, 0.3) is 6.08 Å². The number of esters is 1. The van der Waals surface area contributed by atoms with E-state index in [1.54, 1.807) is 69.3 Å². The molecule has 0 aliphatic rings. The molecule has 25 heavy (non-hydrogen) atoms. The van der Waals surface area contributed by atoms with Crippen molar-refractivity contribution in [3.05, 3.63) is 75.3 Å². The lowest BCUT2D eigenvalue weighted by atomic mass is 10.0. The highest BCUT2D eigenvalue weighted by molar-refractivity contribution is 6.41. The number of benzene rings is 2. The molecule has 3 nitrogen and oxygen atoms in total. The molecule has 0 N–H and O–H groups in total. The molecule has 0 bridgehead atoms. The minimum atomic E-state index is -0.536. The molecule has 2 aromatic rings. The smallest absolute Gasteiger partial charge is 0.331 e. The molecule has 0 amide bonds. The van der Waals surface area contributed by atoms with E-state index in [0.29, 0.717) is 15.6 Å². The first-order valence-corrected chi connectivity index (χ1v) is 8.43. The van der Waals surface area contributed by atoms with Gasteiger partial charge < -0.3 is 4.74 Å². The van der Waals surface area contributed by atoms with Crippen molar-refractivity contribution >= 4 is 41.0 Å². The summed E-state index contributed by atoms with van der Waals surface area (Å²) in [5, 5.41) is 0.623. The van der Waals surface area contributed by atoms with Crippen molar-refractivity contribution in [2.75, 3.05) is 0 Å². The Hall–Kier alpha value is -2.10. The zero-order chi connectivity index (χ0) is 18.6. The Labute approximate surface area is 157 Å². The van der Waals surface area contributed by atoms with Gasteiger partial charge in [-0.15, -0.1) is 0 Å². The second-order valence-corrected chi connectivity index (χ2v) is 7.23. The van der Waals surface area contributed by atoms with E-state index in [9.17, 15) is 9.59 Å². The predicted molar refractivity (Wildman–Crippen MR) is 101 cm³/mol. The van der Waals surface area contributed by atoms with Gasteiger partial charge in [0.15, 0.2) is 5.78 Å². The van der Waals surface area contributed by atoms with Crippen molar-refractivity contribution in [2.24, 2.45) is 0 Å². The Morgan fingerprint density at radius 3 is 2.04 bits per heavy atom. The van der Waals surface area contributed by atoms with E-state index < -0.39 is 11.6 Å². The number of hydrogen-bond acceptors (Lipinski definition) is 3. The van der Waals surface area contributed by atoms with E-state index in [0.717, 1.165) is 5.56 Å². The number of ketones is 1. The van der Waals surface area contributed by atoms with Crippen molar-refractivity contribution < 1.29 is 14.3 Å². The summed E-state index contributed by atoms with van der Waals surface area (Å²) in [5.74, 6) is -0.672. The van der Waals surface area contributed by atoms with Crippen molar-refractivity contribution in [1.82, 2.24) is 0 Å². The summed E-state index contributed by atoms with van der Waals surface area (Å²) in [6.45, 7) is 5.41. The summed E-state index contributed by atoms with van der Waals surface area (Å²) < 4.78 is 5.20. The van der Waals surface area contributed by atoms with Gasteiger partial charge in [-0.1, -0.05) is 53.5 Å². The highest BCUT2D eigenvalue weighted by atomic mass is 35.5. The van der Waals surface area contributed by atoms with Gasteiger partial charge in [0, 0.05) is 11.6 Å². The normalized spacial score (nSPS) is 11.6. The minimum Gasteiger partial charge on any atom is -0.457 e. The highest BCUT2D eigenvalue weighted by Gasteiger charge is 2.16. The average Bonchev–Trinajstić information content (AvgIpc) is 2.51. The lowest BCUT2D eigenvalue weighted by molar-refractivity contribution is -0.148. The van der Waals surface area contributed by atoms with Gasteiger partial charge in [0.2, 0.25) is 0 Å². The van der Waals surface area contributed by atoms with Crippen LogP contribution in [0.4, 0.5) is 0 Å². The lowest BCUT2D eigenvalue weighted by Crippen LogP contribution is -2.22. The van der Waals surface area contributed by atoms with Gasteiger partial charge in [-0.3, -0.25) is 4.79 Å². The van der Waals surface area contributed by atoms with Crippen LogP contribution in [-0.4, -0.2) is 17.4 Å². The monoisotopic (exact) mass is 376 g/mol. The zero-order valence-electron chi connectivity index (χ0n) is 14.2. The molecule has 0 saturated heterocycles. The van der Waals surface area contributed by atoms with Crippen molar-refractivity contribution in [2.45, 2.75) is 26.4 Å². The third kappa shape index (κ3) is 5.45. The molecule has 0 atom stereocenters. The van der Waals surface area contributed by atoms with Crippen LogP contribution >= 0.6 is 23.2 Å². The van der Waals surface area contributed by atoms with Gasteiger partial charge in [-0.25, -0.2) is 4.79 Å². The summed E-state index contributed by atoms with van der Waals surface area (Å²) in [6, 6.07) is 11.7. The Morgan fingerprint density at radius 2 is 1.52 bits per heavy atom. The number of rotatable bonds is 4. The maximum atomic E-state index is 12.6. The van der Waals surface area contributed by atoms with Crippen LogP contribution in [-0.2, 0) is 9.53 Å². The topological polar surface area (TPSA) is 43.4 Å². The molecule has 0 aliphatic carbocycles. The number of halogens is 2. The standard InChI is InChI=1S/C20H18Cl2O3/c1-20(2,3)25-17(23)12-9-13-7-10-14(11-8-13)19(24)18-15(21)5-4-6-16(18)22/h4-12H,1-3H3/b12-9+. The molecule has 0 fully saturated rings. The van der Waals surface area contributed by atoms with Gasteiger partial charge in [0.25, 0.3) is 0 Å². The Kier molecular flexibility index (Phi) is 6.04. The summed E-state index contributed by atoms with van der Waals surface area (Å²) in [6.07, 6.45) is 2.98. The number of ether oxygens (including phenoxy) is 1. The Balaban J connectivity index is 2.15. The fourth-order valence-electron chi connectivity index (χ4n) is 2.10. The first-order chi connectivity index (χ1) is 11.7. The maximum absolute atomic E-state index is 12.6. The van der Waals surface area contributed by atoms with E-state index in [4.69, 9.17) is 27.9 Å². The number of hydrogen-bond donors (Lipinski definition) is 0. The highest BCUT2D eigenvalue weighted by Crippen LogP contribution is 2.27. The Morgan fingerprint density at radius 1 is 0.960 bits per heavy atom. The van der Waals surface area contributed by atoms with Crippen molar-refractivity contribution in [3.8, 4) is 0 Å². The largest absolute Gasteiger partial charge is 0.457 e. The number of carbonyl (C=O) groups is 2. The van der Waals surface area contributed by atoms with E-state index in [1.807, 2.05) is 0 Å². The SMILES string of the molecule is CC(C)(C)OC(=O)/C=C/c1ccc(C(=O)c2c(Cl)cccc2Cl)cc1. The lowest BCUT2D eigenvalue weighted by Gasteiger charge is -2.17. The Bertz CT molecular complexity index is 796. The van der Waals surface area contributed by atoms with E-state index in [-0.39, 0.29) is 11.3 Å². The molecular weight excluding hydrogens is 359 g/mol. The summed E-state index contributed by atoms with van der Waals surface area (Å²) in [4.78, 5) is 24.2. The molecular formula is C20H18Cl2O3. The second kappa shape index (κ2) is 7.85. The summed E-state index contributed by atoms with van der Waals surface area (Å²) in [7, 11) is 0. The van der Waals surface area contributed by atoms with Crippen molar-refractivity contribution in [1.29, 1.82) is 0 Å². The molecule has 0 aromatic heterocycles. The van der Waals surface area contributed by atoms with Gasteiger partial charge in [-0.05, 0) is 44.5 Å². The van der Waals surface area contributed by atoms with Crippen LogP contribution in [0.2, 0.25) is 10.0 Å². The second-order valence-electron chi connectivity index (χ2n) is 6.41. The predicted octanol–water partition coefficient (Wildman–Crippen LogP) is 5.58. The molecule has 2 aromatic carbocycles.